The third-order valence-corrected chi connectivity index (χ3v) is 5.38. The Bertz CT molecular complexity index is 1060. The fourth-order valence-corrected chi connectivity index (χ4v) is 3.61. The minimum Gasteiger partial charge on any atom is -0.480 e. The van der Waals surface area contributed by atoms with Crippen LogP contribution in [-0.2, 0) is 0 Å². The Morgan fingerprint density at radius 3 is 2.06 bits per heavy atom. The van der Waals surface area contributed by atoms with Crippen molar-refractivity contribution in [3.8, 4) is 17.1 Å². The standard InChI is InChI=1S/C22H23N5O4/c1-14-20(15(2)31-25-14)22(29)27-12-10-26(11-13-27)21(28)17-6-4-16(5-7-17)18-8-9-19(30-3)24-23-18/h4-9H,10-13H2,1-3H3. The summed E-state index contributed by atoms with van der Waals surface area (Å²) in [4.78, 5) is 29.2. The molecule has 9 heteroatoms. The van der Waals surface area contributed by atoms with Crippen LogP contribution in [0.15, 0.2) is 40.9 Å². The highest BCUT2D eigenvalue weighted by molar-refractivity contribution is 5.97. The molecule has 1 fully saturated rings. The third-order valence-electron chi connectivity index (χ3n) is 5.38. The maximum atomic E-state index is 12.9. The highest BCUT2D eigenvalue weighted by Crippen LogP contribution is 2.20. The number of carbonyl (C=O) groups is 2. The predicted octanol–water partition coefficient (Wildman–Crippen LogP) is 2.36. The van der Waals surface area contributed by atoms with E-state index in [0.717, 1.165) is 5.56 Å². The smallest absolute Gasteiger partial charge is 0.259 e. The summed E-state index contributed by atoms with van der Waals surface area (Å²) in [5, 5.41) is 11.9. The summed E-state index contributed by atoms with van der Waals surface area (Å²) in [6, 6.07) is 10.8. The molecule has 0 saturated carbocycles. The zero-order valence-electron chi connectivity index (χ0n) is 17.7. The molecule has 3 aromatic rings. The number of amides is 2. The molecule has 1 aliphatic rings. The Morgan fingerprint density at radius 1 is 0.903 bits per heavy atom. The highest BCUT2D eigenvalue weighted by atomic mass is 16.5. The Morgan fingerprint density at radius 2 is 1.55 bits per heavy atom. The summed E-state index contributed by atoms with van der Waals surface area (Å²) in [6.07, 6.45) is 0. The normalized spacial score (nSPS) is 13.9. The number of hydrogen-bond donors (Lipinski definition) is 0. The molecule has 31 heavy (non-hydrogen) atoms. The molecule has 9 nitrogen and oxygen atoms in total. The Hall–Kier alpha value is -3.75. The van der Waals surface area contributed by atoms with Crippen molar-refractivity contribution in [2.75, 3.05) is 33.3 Å². The topological polar surface area (TPSA) is 102 Å². The van der Waals surface area contributed by atoms with Crippen LogP contribution in [0, 0.1) is 13.8 Å². The maximum absolute atomic E-state index is 12.9. The summed E-state index contributed by atoms with van der Waals surface area (Å²) in [5.41, 5.74) is 3.25. The van der Waals surface area contributed by atoms with Crippen molar-refractivity contribution in [3.05, 3.63) is 59.0 Å². The van der Waals surface area contributed by atoms with Crippen molar-refractivity contribution in [1.29, 1.82) is 0 Å². The number of carbonyl (C=O) groups excluding carboxylic acids is 2. The minimum atomic E-state index is -0.103. The molecule has 160 valence electrons. The molecule has 0 N–H and O–H groups in total. The van der Waals surface area contributed by atoms with E-state index in [2.05, 4.69) is 15.4 Å². The fraction of sp³-hybridized carbons (Fsp3) is 0.318. The van der Waals surface area contributed by atoms with Gasteiger partial charge in [-0.05, 0) is 32.0 Å². The Kier molecular flexibility index (Phi) is 5.66. The number of benzene rings is 1. The molecule has 1 aromatic carbocycles. The lowest BCUT2D eigenvalue weighted by Gasteiger charge is -2.34. The van der Waals surface area contributed by atoms with Gasteiger partial charge >= 0.3 is 0 Å². The van der Waals surface area contributed by atoms with Crippen LogP contribution in [0.2, 0.25) is 0 Å². The zero-order chi connectivity index (χ0) is 22.0. The third kappa shape index (κ3) is 4.11. The molecule has 0 radical (unpaired) electrons. The van der Waals surface area contributed by atoms with Crippen LogP contribution in [0.1, 0.15) is 32.2 Å². The number of rotatable bonds is 4. The van der Waals surface area contributed by atoms with Crippen molar-refractivity contribution < 1.29 is 18.8 Å². The van der Waals surface area contributed by atoms with Gasteiger partial charge in [0.05, 0.1) is 18.5 Å². The Labute approximate surface area is 179 Å². The van der Waals surface area contributed by atoms with Crippen molar-refractivity contribution >= 4 is 11.8 Å². The molecule has 0 bridgehead atoms. The number of methoxy groups -OCH3 is 1. The van der Waals surface area contributed by atoms with E-state index in [1.54, 1.807) is 41.8 Å². The molecule has 1 saturated heterocycles. The molecule has 3 heterocycles. The second kappa shape index (κ2) is 8.55. The van der Waals surface area contributed by atoms with E-state index in [0.29, 0.717) is 60.3 Å². The maximum Gasteiger partial charge on any atom is 0.259 e. The molecule has 0 spiro atoms. The van der Waals surface area contributed by atoms with Crippen LogP contribution < -0.4 is 4.74 Å². The first-order valence-corrected chi connectivity index (χ1v) is 9.97. The molecule has 4 rings (SSSR count). The molecule has 1 aliphatic heterocycles. The van der Waals surface area contributed by atoms with Gasteiger partial charge < -0.3 is 19.1 Å². The van der Waals surface area contributed by atoms with Crippen LogP contribution in [-0.4, -0.2) is 70.3 Å². The first kappa shape index (κ1) is 20.5. The van der Waals surface area contributed by atoms with Crippen LogP contribution in [0.3, 0.4) is 0 Å². The van der Waals surface area contributed by atoms with Crippen molar-refractivity contribution in [3.63, 3.8) is 0 Å². The quantitative estimate of drug-likeness (QED) is 0.637. The van der Waals surface area contributed by atoms with Crippen LogP contribution in [0.25, 0.3) is 11.3 Å². The van der Waals surface area contributed by atoms with Gasteiger partial charge in [-0.1, -0.05) is 17.3 Å². The first-order valence-electron chi connectivity index (χ1n) is 9.97. The number of aromatic nitrogens is 3. The second-order valence-electron chi connectivity index (χ2n) is 7.32. The van der Waals surface area contributed by atoms with Gasteiger partial charge in [-0.15, -0.1) is 10.2 Å². The predicted molar refractivity (Wildman–Crippen MR) is 112 cm³/mol. The molecular weight excluding hydrogens is 398 g/mol. The number of aryl methyl sites for hydroxylation is 2. The summed E-state index contributed by atoms with van der Waals surface area (Å²) < 4.78 is 10.1. The first-order chi connectivity index (χ1) is 15.0. The highest BCUT2D eigenvalue weighted by Gasteiger charge is 2.28. The molecule has 0 unspecified atom stereocenters. The van der Waals surface area contributed by atoms with Crippen molar-refractivity contribution in [1.82, 2.24) is 25.2 Å². The molecular formula is C22H23N5O4. The number of ether oxygens (including phenoxy) is 1. The van der Waals surface area contributed by atoms with Gasteiger partial charge in [-0.25, -0.2) is 0 Å². The van der Waals surface area contributed by atoms with Gasteiger partial charge in [-0.3, -0.25) is 9.59 Å². The summed E-state index contributed by atoms with van der Waals surface area (Å²) in [7, 11) is 1.54. The molecule has 0 atom stereocenters. The molecule has 0 aliphatic carbocycles. The van der Waals surface area contributed by atoms with E-state index in [-0.39, 0.29) is 11.8 Å². The monoisotopic (exact) mass is 421 g/mol. The second-order valence-corrected chi connectivity index (χ2v) is 7.32. The summed E-state index contributed by atoms with van der Waals surface area (Å²) >= 11 is 0. The lowest BCUT2D eigenvalue weighted by atomic mass is 10.1. The zero-order valence-corrected chi connectivity index (χ0v) is 17.7. The lowest BCUT2D eigenvalue weighted by Crippen LogP contribution is -2.50. The number of piperazine rings is 1. The van der Waals surface area contributed by atoms with Crippen LogP contribution in [0.5, 0.6) is 5.88 Å². The fourth-order valence-electron chi connectivity index (χ4n) is 3.61. The van der Waals surface area contributed by atoms with Crippen LogP contribution >= 0.6 is 0 Å². The Balaban J connectivity index is 1.39. The molecule has 2 amide bonds. The number of nitrogens with zero attached hydrogens (tertiary/aromatic N) is 5. The van der Waals surface area contributed by atoms with Gasteiger partial charge in [0.1, 0.15) is 11.3 Å². The van der Waals surface area contributed by atoms with Crippen molar-refractivity contribution in [2.45, 2.75) is 13.8 Å². The van der Waals surface area contributed by atoms with Gasteiger partial charge in [0, 0.05) is 43.4 Å². The largest absolute Gasteiger partial charge is 0.480 e. The minimum absolute atomic E-state index is 0.0585. The van der Waals surface area contributed by atoms with Crippen molar-refractivity contribution in [2.24, 2.45) is 0 Å². The van der Waals surface area contributed by atoms with E-state index >= 15 is 0 Å². The SMILES string of the molecule is COc1ccc(-c2ccc(C(=O)N3CCN(C(=O)c4c(C)noc4C)CC3)cc2)nn1. The molecule has 2 aromatic heterocycles. The number of hydrogen-bond acceptors (Lipinski definition) is 7. The van der Waals surface area contributed by atoms with Gasteiger partial charge in [0.2, 0.25) is 5.88 Å². The van der Waals surface area contributed by atoms with E-state index in [9.17, 15) is 9.59 Å². The lowest BCUT2D eigenvalue weighted by molar-refractivity contribution is 0.0534. The average Bonchev–Trinajstić information content (AvgIpc) is 3.16. The van der Waals surface area contributed by atoms with Gasteiger partial charge in [0.25, 0.3) is 11.8 Å². The van der Waals surface area contributed by atoms with E-state index in [4.69, 9.17) is 9.26 Å². The summed E-state index contributed by atoms with van der Waals surface area (Å²) in [5.74, 6) is 0.801. The van der Waals surface area contributed by atoms with Crippen LogP contribution in [0.4, 0.5) is 0 Å². The van der Waals surface area contributed by atoms with E-state index in [1.807, 2.05) is 18.2 Å². The van der Waals surface area contributed by atoms with Gasteiger partial charge in [0.15, 0.2) is 0 Å². The summed E-state index contributed by atoms with van der Waals surface area (Å²) in [6.45, 7) is 5.36. The van der Waals surface area contributed by atoms with E-state index < -0.39 is 0 Å². The van der Waals surface area contributed by atoms with E-state index in [1.165, 1.54) is 7.11 Å². The average molecular weight is 421 g/mol. The van der Waals surface area contributed by atoms with Gasteiger partial charge in [-0.2, -0.15) is 0 Å².